The summed E-state index contributed by atoms with van der Waals surface area (Å²) in [5.74, 6) is -2.42. The number of nitrogens with zero attached hydrogens (tertiary/aromatic N) is 5. The van der Waals surface area contributed by atoms with E-state index in [-0.39, 0.29) is 34.1 Å². The molecule has 0 amide bonds. The van der Waals surface area contributed by atoms with Crippen LogP contribution in [0.5, 0.6) is 5.75 Å². The molecule has 0 saturated carbocycles. The molecule has 32 heavy (non-hydrogen) atoms. The van der Waals surface area contributed by atoms with Crippen LogP contribution in [-0.2, 0) is 16.4 Å². The molecular weight excluding hydrogens is 442 g/mol. The summed E-state index contributed by atoms with van der Waals surface area (Å²) in [5, 5.41) is 4.08. The van der Waals surface area contributed by atoms with E-state index in [2.05, 4.69) is 15.1 Å². The first-order valence-electron chi connectivity index (χ1n) is 9.44. The van der Waals surface area contributed by atoms with Crippen molar-refractivity contribution in [3.63, 3.8) is 0 Å². The smallest absolute Gasteiger partial charge is 0.224 e. The van der Waals surface area contributed by atoms with Crippen LogP contribution in [0.3, 0.4) is 0 Å². The Bertz CT molecular complexity index is 1420. The highest BCUT2D eigenvalue weighted by molar-refractivity contribution is 7.92. The van der Waals surface area contributed by atoms with Crippen LogP contribution in [0.4, 0.5) is 14.6 Å². The topological polar surface area (TPSA) is 117 Å². The standard InChI is InChI=1S/C20H20F2N6O3S/c1-20(2,11-27-6-4-5-25-27)32(29,30)16-10-28-14(9-24-17(28)8-15(16)31-3)12-7-13(21)19(23)26-18(12)22/h4-10H,11H2,1-3H3,(H2,23,26). The number of halogens is 2. The highest BCUT2D eigenvalue weighted by atomic mass is 32.2. The van der Waals surface area contributed by atoms with Gasteiger partial charge >= 0.3 is 0 Å². The first kappa shape index (κ1) is 21.7. The Morgan fingerprint density at radius 1 is 1.25 bits per heavy atom. The number of ether oxygens (including phenoxy) is 1. The summed E-state index contributed by atoms with van der Waals surface area (Å²) in [7, 11) is -2.65. The lowest BCUT2D eigenvalue weighted by molar-refractivity contribution is 0.399. The number of pyridine rings is 2. The second-order valence-electron chi connectivity index (χ2n) is 7.74. The molecule has 4 rings (SSSR count). The van der Waals surface area contributed by atoms with Crippen molar-refractivity contribution in [2.75, 3.05) is 12.8 Å². The number of aromatic nitrogens is 5. The molecule has 4 aromatic rings. The number of anilines is 1. The van der Waals surface area contributed by atoms with Crippen molar-refractivity contribution in [1.82, 2.24) is 24.1 Å². The van der Waals surface area contributed by atoms with Crippen molar-refractivity contribution in [3.05, 3.63) is 54.8 Å². The van der Waals surface area contributed by atoms with Gasteiger partial charge in [-0.05, 0) is 26.0 Å². The van der Waals surface area contributed by atoms with Crippen molar-refractivity contribution in [1.29, 1.82) is 0 Å². The van der Waals surface area contributed by atoms with Gasteiger partial charge in [0.15, 0.2) is 21.5 Å². The van der Waals surface area contributed by atoms with E-state index in [0.717, 1.165) is 6.07 Å². The molecule has 0 spiro atoms. The number of fused-ring (bicyclic) bond motifs is 1. The van der Waals surface area contributed by atoms with E-state index in [4.69, 9.17) is 10.5 Å². The Balaban J connectivity index is 1.90. The first-order valence-corrected chi connectivity index (χ1v) is 10.9. The Morgan fingerprint density at radius 2 is 2.00 bits per heavy atom. The monoisotopic (exact) mass is 462 g/mol. The lowest BCUT2D eigenvalue weighted by Crippen LogP contribution is -2.37. The highest BCUT2D eigenvalue weighted by Crippen LogP contribution is 2.35. The molecule has 0 fully saturated rings. The van der Waals surface area contributed by atoms with Crippen molar-refractivity contribution in [3.8, 4) is 17.0 Å². The molecule has 0 aliphatic rings. The fourth-order valence-corrected chi connectivity index (χ4v) is 4.92. The lowest BCUT2D eigenvalue weighted by atomic mass is 10.2. The van der Waals surface area contributed by atoms with Crippen LogP contribution in [0.2, 0.25) is 0 Å². The summed E-state index contributed by atoms with van der Waals surface area (Å²) in [6, 6.07) is 4.00. The van der Waals surface area contributed by atoms with Crippen LogP contribution >= 0.6 is 0 Å². The second-order valence-corrected chi connectivity index (χ2v) is 10.3. The normalized spacial score (nSPS) is 12.4. The third-order valence-electron chi connectivity index (χ3n) is 5.15. The predicted octanol–water partition coefficient (Wildman–Crippen LogP) is 2.71. The molecule has 0 aliphatic heterocycles. The van der Waals surface area contributed by atoms with E-state index in [1.807, 2.05) is 0 Å². The van der Waals surface area contributed by atoms with Gasteiger partial charge in [-0.15, -0.1) is 0 Å². The van der Waals surface area contributed by atoms with Gasteiger partial charge in [-0.1, -0.05) is 0 Å². The van der Waals surface area contributed by atoms with E-state index in [1.165, 1.54) is 34.7 Å². The number of nitrogen functional groups attached to an aromatic ring is 1. The molecule has 4 heterocycles. The molecule has 2 N–H and O–H groups in total. The summed E-state index contributed by atoms with van der Waals surface area (Å²) >= 11 is 0. The minimum absolute atomic E-state index is 0.0743. The van der Waals surface area contributed by atoms with E-state index >= 15 is 0 Å². The molecule has 12 heteroatoms. The molecule has 0 saturated heterocycles. The number of hydrogen-bond acceptors (Lipinski definition) is 7. The van der Waals surface area contributed by atoms with Gasteiger partial charge in [0.25, 0.3) is 0 Å². The fraction of sp³-hybridized carbons (Fsp3) is 0.250. The Labute approximate surface area is 182 Å². The Kier molecular flexibility index (Phi) is 5.12. The van der Waals surface area contributed by atoms with Crippen LogP contribution in [0.1, 0.15) is 13.8 Å². The zero-order valence-corrected chi connectivity index (χ0v) is 18.3. The third-order valence-corrected chi connectivity index (χ3v) is 7.62. The summed E-state index contributed by atoms with van der Waals surface area (Å²) in [6.45, 7) is 3.23. The average Bonchev–Trinajstić information content (AvgIpc) is 3.38. The van der Waals surface area contributed by atoms with Crippen LogP contribution in [0.15, 0.2) is 47.9 Å². The van der Waals surface area contributed by atoms with Crippen LogP contribution in [0, 0.1) is 11.8 Å². The molecule has 0 bridgehead atoms. The van der Waals surface area contributed by atoms with Gasteiger partial charge in [0, 0.05) is 24.7 Å². The SMILES string of the molecule is COc1cc2ncc(-c3cc(F)c(N)nc3F)n2cc1S(=O)(=O)C(C)(C)Cn1cccn1. The molecule has 0 radical (unpaired) electrons. The molecule has 168 valence electrons. The van der Waals surface area contributed by atoms with Gasteiger partial charge in [0.2, 0.25) is 5.95 Å². The van der Waals surface area contributed by atoms with E-state index < -0.39 is 32.2 Å². The predicted molar refractivity (Wildman–Crippen MR) is 113 cm³/mol. The molecule has 4 aromatic heterocycles. The van der Waals surface area contributed by atoms with Crippen LogP contribution in [0.25, 0.3) is 16.9 Å². The van der Waals surface area contributed by atoms with Crippen LogP contribution in [-0.4, -0.2) is 44.4 Å². The molecule has 0 aliphatic carbocycles. The first-order chi connectivity index (χ1) is 15.0. The molecule has 0 unspecified atom stereocenters. The summed E-state index contributed by atoms with van der Waals surface area (Å²) in [5.41, 5.74) is 5.49. The molecule has 0 atom stereocenters. The zero-order valence-electron chi connectivity index (χ0n) is 17.5. The third kappa shape index (κ3) is 3.45. The number of sulfone groups is 1. The van der Waals surface area contributed by atoms with Crippen LogP contribution < -0.4 is 10.5 Å². The molecular formula is C20H20F2N6O3S. The minimum atomic E-state index is -3.99. The fourth-order valence-electron chi connectivity index (χ4n) is 3.37. The maximum atomic E-state index is 14.5. The van der Waals surface area contributed by atoms with Gasteiger partial charge < -0.3 is 10.5 Å². The van der Waals surface area contributed by atoms with Crippen molar-refractivity contribution >= 4 is 21.3 Å². The lowest BCUT2D eigenvalue weighted by Gasteiger charge is -2.26. The average molecular weight is 462 g/mol. The Morgan fingerprint density at radius 3 is 2.66 bits per heavy atom. The second kappa shape index (κ2) is 7.55. The van der Waals surface area contributed by atoms with Gasteiger partial charge in [-0.2, -0.15) is 14.5 Å². The zero-order chi connectivity index (χ0) is 23.3. The summed E-state index contributed by atoms with van der Waals surface area (Å²) in [6.07, 6.45) is 5.79. The number of hydrogen-bond donors (Lipinski definition) is 1. The minimum Gasteiger partial charge on any atom is -0.495 e. The molecule has 9 nitrogen and oxygen atoms in total. The number of imidazole rings is 1. The van der Waals surface area contributed by atoms with Gasteiger partial charge in [-0.3, -0.25) is 9.08 Å². The number of rotatable bonds is 6. The van der Waals surface area contributed by atoms with Gasteiger partial charge in [0.1, 0.15) is 16.3 Å². The van der Waals surface area contributed by atoms with Crippen molar-refractivity contribution in [2.24, 2.45) is 0 Å². The quantitative estimate of drug-likeness (QED) is 0.438. The van der Waals surface area contributed by atoms with Crippen molar-refractivity contribution in [2.45, 2.75) is 30.0 Å². The largest absolute Gasteiger partial charge is 0.495 e. The number of nitrogens with two attached hydrogens (primary N) is 1. The Hall–Kier alpha value is -3.54. The molecule has 0 aromatic carbocycles. The van der Waals surface area contributed by atoms with Gasteiger partial charge in [-0.25, -0.2) is 17.8 Å². The van der Waals surface area contributed by atoms with Crippen molar-refractivity contribution < 1.29 is 21.9 Å². The summed E-state index contributed by atoms with van der Waals surface area (Å²) in [4.78, 5) is 7.40. The maximum Gasteiger partial charge on any atom is 0.224 e. The summed E-state index contributed by atoms with van der Waals surface area (Å²) < 4.78 is 62.6. The van der Waals surface area contributed by atoms with E-state index in [1.54, 1.807) is 32.3 Å². The van der Waals surface area contributed by atoms with E-state index in [0.29, 0.717) is 0 Å². The number of methoxy groups -OCH3 is 1. The maximum absolute atomic E-state index is 14.5. The van der Waals surface area contributed by atoms with Gasteiger partial charge in [0.05, 0.1) is 35.9 Å². The highest BCUT2D eigenvalue weighted by Gasteiger charge is 2.39. The van der Waals surface area contributed by atoms with E-state index in [9.17, 15) is 17.2 Å².